The number of rotatable bonds is 4. The van der Waals surface area contributed by atoms with E-state index in [2.05, 4.69) is 10.6 Å². The first-order chi connectivity index (χ1) is 9.56. The minimum absolute atomic E-state index is 0.139. The zero-order chi connectivity index (χ0) is 14.5. The van der Waals surface area contributed by atoms with Crippen LogP contribution in [0.4, 0.5) is 10.1 Å². The molecule has 0 radical (unpaired) electrons. The predicted molar refractivity (Wildman–Crippen MR) is 78.6 cm³/mol. The Kier molecular flexibility index (Phi) is 5.34. The van der Waals surface area contributed by atoms with E-state index in [1.54, 1.807) is 0 Å². The molecule has 0 aromatic heterocycles. The van der Waals surface area contributed by atoms with Gasteiger partial charge in [0.25, 0.3) is 0 Å². The average Bonchev–Trinajstić information content (AvgIpc) is 2.43. The number of carbonyl (C=O) groups is 1. The number of amides is 1. The highest BCUT2D eigenvalue weighted by Crippen LogP contribution is 2.22. The van der Waals surface area contributed by atoms with E-state index in [4.69, 9.17) is 11.6 Å². The molecule has 1 aliphatic heterocycles. The lowest BCUT2D eigenvalue weighted by molar-refractivity contribution is -0.117. The van der Waals surface area contributed by atoms with Crippen molar-refractivity contribution < 1.29 is 9.18 Å². The van der Waals surface area contributed by atoms with Gasteiger partial charge in [-0.3, -0.25) is 9.69 Å². The number of nitrogens with one attached hydrogen (secondary N) is 2. The Morgan fingerprint density at radius 2 is 2.20 bits per heavy atom. The summed E-state index contributed by atoms with van der Waals surface area (Å²) in [4.78, 5) is 14.0. The van der Waals surface area contributed by atoms with Gasteiger partial charge in [-0.25, -0.2) is 4.39 Å². The van der Waals surface area contributed by atoms with Gasteiger partial charge in [0.15, 0.2) is 0 Å². The third-order valence-electron chi connectivity index (χ3n) is 3.53. The SMILES string of the molecule is CN(CC(=O)Nc1ccc(F)cc1Cl)C1CCNCC1. The Hall–Kier alpha value is -1.17. The predicted octanol–water partition coefficient (Wildman–Crippen LogP) is 2.10. The van der Waals surface area contributed by atoms with Gasteiger partial charge in [0.2, 0.25) is 5.91 Å². The number of halogens is 2. The van der Waals surface area contributed by atoms with E-state index in [0.29, 0.717) is 18.3 Å². The van der Waals surface area contributed by atoms with Gasteiger partial charge in [0.1, 0.15) is 5.82 Å². The van der Waals surface area contributed by atoms with Gasteiger partial charge in [-0.05, 0) is 51.2 Å². The van der Waals surface area contributed by atoms with Crippen LogP contribution in [0.25, 0.3) is 0 Å². The van der Waals surface area contributed by atoms with Crippen molar-refractivity contribution in [1.29, 1.82) is 0 Å². The lowest BCUT2D eigenvalue weighted by Gasteiger charge is -2.31. The molecule has 2 rings (SSSR count). The number of nitrogens with zero attached hydrogens (tertiary/aromatic N) is 1. The molecule has 0 spiro atoms. The van der Waals surface area contributed by atoms with E-state index in [1.807, 2.05) is 11.9 Å². The van der Waals surface area contributed by atoms with Crippen LogP contribution < -0.4 is 10.6 Å². The fraction of sp³-hybridized carbons (Fsp3) is 0.500. The fourth-order valence-corrected chi connectivity index (χ4v) is 2.60. The van der Waals surface area contributed by atoms with Gasteiger partial charge in [-0.15, -0.1) is 0 Å². The molecule has 1 aromatic rings. The highest BCUT2D eigenvalue weighted by molar-refractivity contribution is 6.33. The fourth-order valence-electron chi connectivity index (χ4n) is 2.38. The van der Waals surface area contributed by atoms with E-state index in [-0.39, 0.29) is 10.9 Å². The van der Waals surface area contributed by atoms with E-state index < -0.39 is 5.82 Å². The molecule has 1 aliphatic rings. The highest BCUT2D eigenvalue weighted by atomic mass is 35.5. The van der Waals surface area contributed by atoms with Crippen molar-refractivity contribution in [3.8, 4) is 0 Å². The lowest BCUT2D eigenvalue weighted by Crippen LogP contribution is -2.44. The number of hydrogen-bond donors (Lipinski definition) is 2. The Labute approximate surface area is 123 Å². The Bertz CT molecular complexity index is 477. The molecule has 1 aromatic carbocycles. The molecule has 1 saturated heterocycles. The van der Waals surface area contributed by atoms with Crippen molar-refractivity contribution in [2.45, 2.75) is 18.9 Å². The molecular weight excluding hydrogens is 281 g/mol. The average molecular weight is 300 g/mol. The second-order valence-electron chi connectivity index (χ2n) is 5.07. The topological polar surface area (TPSA) is 44.4 Å². The molecule has 4 nitrogen and oxygen atoms in total. The van der Waals surface area contributed by atoms with Gasteiger partial charge in [-0.1, -0.05) is 11.6 Å². The molecular formula is C14H19ClFN3O. The Balaban J connectivity index is 1.88. The molecule has 2 N–H and O–H groups in total. The molecule has 110 valence electrons. The summed E-state index contributed by atoms with van der Waals surface area (Å²) in [6.45, 7) is 2.28. The summed E-state index contributed by atoms with van der Waals surface area (Å²) >= 11 is 5.88. The second-order valence-corrected chi connectivity index (χ2v) is 5.48. The van der Waals surface area contributed by atoms with Crippen molar-refractivity contribution in [2.75, 3.05) is 32.0 Å². The third kappa shape index (κ3) is 4.16. The summed E-state index contributed by atoms with van der Waals surface area (Å²) in [7, 11) is 1.95. The van der Waals surface area contributed by atoms with Crippen molar-refractivity contribution in [3.05, 3.63) is 29.0 Å². The molecule has 0 saturated carbocycles. The van der Waals surface area contributed by atoms with Gasteiger partial charge >= 0.3 is 0 Å². The second kappa shape index (κ2) is 7.02. The van der Waals surface area contributed by atoms with E-state index in [0.717, 1.165) is 25.9 Å². The zero-order valence-corrected chi connectivity index (χ0v) is 12.2. The normalized spacial score (nSPS) is 16.4. The van der Waals surface area contributed by atoms with Crippen LogP contribution in [-0.2, 0) is 4.79 Å². The van der Waals surface area contributed by atoms with Gasteiger partial charge < -0.3 is 10.6 Å². The molecule has 6 heteroatoms. The lowest BCUT2D eigenvalue weighted by atomic mass is 10.1. The maximum absolute atomic E-state index is 12.9. The molecule has 0 atom stereocenters. The maximum Gasteiger partial charge on any atom is 0.238 e. The summed E-state index contributed by atoms with van der Waals surface area (Å²) in [5, 5.41) is 6.22. The zero-order valence-electron chi connectivity index (χ0n) is 11.5. The number of piperidine rings is 1. The van der Waals surface area contributed by atoms with Crippen LogP contribution in [0.2, 0.25) is 5.02 Å². The van der Waals surface area contributed by atoms with Crippen molar-refractivity contribution >= 4 is 23.2 Å². The van der Waals surface area contributed by atoms with Crippen LogP contribution in [0.3, 0.4) is 0 Å². The largest absolute Gasteiger partial charge is 0.324 e. The molecule has 20 heavy (non-hydrogen) atoms. The van der Waals surface area contributed by atoms with Crippen LogP contribution in [0, 0.1) is 5.82 Å². The molecule has 1 heterocycles. The van der Waals surface area contributed by atoms with Crippen LogP contribution >= 0.6 is 11.6 Å². The first kappa shape index (κ1) is 15.2. The smallest absolute Gasteiger partial charge is 0.238 e. The number of anilines is 1. The minimum Gasteiger partial charge on any atom is -0.324 e. The van der Waals surface area contributed by atoms with Crippen LogP contribution in [0.5, 0.6) is 0 Å². The molecule has 0 unspecified atom stereocenters. The Morgan fingerprint density at radius 3 is 2.85 bits per heavy atom. The third-order valence-corrected chi connectivity index (χ3v) is 3.84. The quantitative estimate of drug-likeness (QED) is 0.895. The van der Waals surface area contributed by atoms with Crippen LogP contribution in [-0.4, -0.2) is 43.5 Å². The van der Waals surface area contributed by atoms with Gasteiger partial charge in [-0.2, -0.15) is 0 Å². The standard InChI is InChI=1S/C14H19ClFN3O/c1-19(11-4-6-17-7-5-11)9-14(20)18-13-3-2-10(16)8-12(13)15/h2-3,8,11,17H,4-7,9H2,1H3,(H,18,20). The summed E-state index contributed by atoms with van der Waals surface area (Å²) in [5.74, 6) is -0.556. The summed E-state index contributed by atoms with van der Waals surface area (Å²) in [6, 6.07) is 4.36. The number of carbonyl (C=O) groups excluding carboxylic acids is 1. The summed E-state index contributed by atoms with van der Waals surface area (Å²) < 4.78 is 12.9. The minimum atomic E-state index is -0.417. The first-order valence-electron chi connectivity index (χ1n) is 6.72. The van der Waals surface area contributed by atoms with Crippen LogP contribution in [0.15, 0.2) is 18.2 Å². The summed E-state index contributed by atoms with van der Waals surface area (Å²) in [6.07, 6.45) is 2.09. The van der Waals surface area contributed by atoms with E-state index in [1.165, 1.54) is 18.2 Å². The first-order valence-corrected chi connectivity index (χ1v) is 7.10. The van der Waals surface area contributed by atoms with Crippen molar-refractivity contribution in [1.82, 2.24) is 10.2 Å². The number of likely N-dealkylation sites (N-methyl/N-ethyl adjacent to an activating group) is 1. The maximum atomic E-state index is 12.9. The van der Waals surface area contributed by atoms with E-state index >= 15 is 0 Å². The number of benzene rings is 1. The van der Waals surface area contributed by atoms with Crippen LogP contribution in [0.1, 0.15) is 12.8 Å². The monoisotopic (exact) mass is 299 g/mol. The van der Waals surface area contributed by atoms with Gasteiger partial charge in [0.05, 0.1) is 17.3 Å². The number of hydrogen-bond acceptors (Lipinski definition) is 3. The molecule has 1 amide bonds. The van der Waals surface area contributed by atoms with E-state index in [9.17, 15) is 9.18 Å². The molecule has 0 bridgehead atoms. The van der Waals surface area contributed by atoms with Crippen molar-refractivity contribution in [2.24, 2.45) is 0 Å². The van der Waals surface area contributed by atoms with Gasteiger partial charge in [0, 0.05) is 6.04 Å². The molecule has 0 aliphatic carbocycles. The highest BCUT2D eigenvalue weighted by Gasteiger charge is 2.19. The summed E-state index contributed by atoms with van der Waals surface area (Å²) in [5.41, 5.74) is 0.441. The Morgan fingerprint density at radius 1 is 1.50 bits per heavy atom. The van der Waals surface area contributed by atoms with Crippen molar-refractivity contribution in [3.63, 3.8) is 0 Å². The molecule has 1 fully saturated rings.